The second-order valence-corrected chi connectivity index (χ2v) is 4.29. The average molecular weight is 204 g/mol. The molecule has 3 nitrogen and oxygen atoms in total. The molecule has 3 heteroatoms. The summed E-state index contributed by atoms with van der Waals surface area (Å²) >= 11 is 0. The topological polar surface area (TPSA) is 28.7 Å². The lowest BCUT2D eigenvalue weighted by molar-refractivity contribution is 0.414. The molecular formula is C12H16N2O. The molecule has 3 rings (SSSR count). The van der Waals surface area contributed by atoms with E-state index in [4.69, 9.17) is 4.74 Å². The first-order chi connectivity index (χ1) is 7.45. The highest BCUT2D eigenvalue weighted by Gasteiger charge is 2.29. The maximum absolute atomic E-state index is 5.36. The summed E-state index contributed by atoms with van der Waals surface area (Å²) < 4.78 is 5.36. The van der Waals surface area contributed by atoms with E-state index < -0.39 is 0 Å². The molecule has 2 fully saturated rings. The Morgan fingerprint density at radius 3 is 2.80 bits per heavy atom. The van der Waals surface area contributed by atoms with Crippen molar-refractivity contribution in [3.05, 3.63) is 23.9 Å². The van der Waals surface area contributed by atoms with Gasteiger partial charge in [-0.1, -0.05) is 6.07 Å². The zero-order valence-electron chi connectivity index (χ0n) is 8.85. The third-order valence-corrected chi connectivity index (χ3v) is 3.15. The second-order valence-electron chi connectivity index (χ2n) is 4.29. The van der Waals surface area contributed by atoms with Crippen LogP contribution in [0.15, 0.2) is 18.3 Å². The molecule has 2 aliphatic heterocycles. The Bertz CT molecular complexity index is 343. The third-order valence-electron chi connectivity index (χ3n) is 3.15. The Hall–Kier alpha value is -1.09. The summed E-state index contributed by atoms with van der Waals surface area (Å²) in [5, 5.41) is 0. The molecule has 0 unspecified atom stereocenters. The zero-order chi connectivity index (χ0) is 10.1. The molecule has 0 aliphatic carbocycles. The smallest absolute Gasteiger partial charge is 0.134 e. The molecule has 0 N–H and O–H groups in total. The Morgan fingerprint density at radius 2 is 2.07 bits per heavy atom. The summed E-state index contributed by atoms with van der Waals surface area (Å²) in [6.07, 6.45) is 6.15. The molecule has 3 heterocycles. The van der Waals surface area contributed by atoms with Gasteiger partial charge in [0.2, 0.25) is 0 Å². The van der Waals surface area contributed by atoms with Crippen molar-refractivity contribution in [3.63, 3.8) is 0 Å². The van der Waals surface area contributed by atoms with Crippen LogP contribution < -0.4 is 4.90 Å². The maximum atomic E-state index is 5.36. The number of epoxide rings is 1. The van der Waals surface area contributed by atoms with Crippen LogP contribution in [0.1, 0.15) is 30.9 Å². The van der Waals surface area contributed by atoms with Crippen LogP contribution in [0.25, 0.3) is 0 Å². The highest BCUT2D eigenvalue weighted by Crippen LogP contribution is 2.35. The van der Waals surface area contributed by atoms with Crippen molar-refractivity contribution in [3.8, 4) is 0 Å². The van der Waals surface area contributed by atoms with E-state index >= 15 is 0 Å². The second kappa shape index (κ2) is 3.81. The van der Waals surface area contributed by atoms with Crippen LogP contribution in [-0.2, 0) is 4.74 Å². The highest BCUT2D eigenvalue weighted by molar-refractivity contribution is 5.49. The summed E-state index contributed by atoms with van der Waals surface area (Å²) in [5.41, 5.74) is 1.28. The molecule has 0 bridgehead atoms. The van der Waals surface area contributed by atoms with Crippen LogP contribution in [0.3, 0.4) is 0 Å². The van der Waals surface area contributed by atoms with E-state index in [0.717, 1.165) is 25.5 Å². The van der Waals surface area contributed by atoms with E-state index in [0.29, 0.717) is 6.10 Å². The highest BCUT2D eigenvalue weighted by atomic mass is 16.6. The van der Waals surface area contributed by atoms with Crippen LogP contribution in [0.4, 0.5) is 5.82 Å². The Morgan fingerprint density at radius 1 is 1.27 bits per heavy atom. The molecule has 80 valence electrons. The summed E-state index contributed by atoms with van der Waals surface area (Å²) in [6, 6.07) is 4.15. The number of ether oxygens (including phenoxy) is 1. The first kappa shape index (κ1) is 9.16. The fourth-order valence-electron chi connectivity index (χ4n) is 2.26. The van der Waals surface area contributed by atoms with Gasteiger partial charge in [-0.15, -0.1) is 0 Å². The summed E-state index contributed by atoms with van der Waals surface area (Å²) in [4.78, 5) is 6.91. The van der Waals surface area contributed by atoms with Gasteiger partial charge in [-0.25, -0.2) is 4.98 Å². The van der Waals surface area contributed by atoms with Gasteiger partial charge < -0.3 is 9.64 Å². The zero-order valence-corrected chi connectivity index (χ0v) is 8.85. The molecule has 1 atom stereocenters. The number of anilines is 1. The summed E-state index contributed by atoms with van der Waals surface area (Å²) in [7, 11) is 0. The van der Waals surface area contributed by atoms with Crippen molar-refractivity contribution >= 4 is 5.82 Å². The largest absolute Gasteiger partial charge is 0.368 e. The maximum Gasteiger partial charge on any atom is 0.134 e. The van der Waals surface area contributed by atoms with Crippen LogP contribution in [0.5, 0.6) is 0 Å². The van der Waals surface area contributed by atoms with Crippen molar-refractivity contribution in [2.75, 3.05) is 24.6 Å². The fourth-order valence-corrected chi connectivity index (χ4v) is 2.26. The number of pyridine rings is 1. The molecule has 1 aromatic rings. The van der Waals surface area contributed by atoms with Gasteiger partial charge in [0.25, 0.3) is 0 Å². The predicted molar refractivity (Wildman–Crippen MR) is 59.0 cm³/mol. The first-order valence-electron chi connectivity index (χ1n) is 5.76. The van der Waals surface area contributed by atoms with Gasteiger partial charge in [0.15, 0.2) is 0 Å². The van der Waals surface area contributed by atoms with Crippen molar-refractivity contribution in [1.82, 2.24) is 4.98 Å². The lowest BCUT2D eigenvalue weighted by Crippen LogP contribution is -2.31. The van der Waals surface area contributed by atoms with Crippen LogP contribution in [0, 0.1) is 0 Å². The number of rotatable bonds is 2. The van der Waals surface area contributed by atoms with Crippen molar-refractivity contribution < 1.29 is 4.74 Å². The summed E-state index contributed by atoms with van der Waals surface area (Å²) in [5.74, 6) is 1.15. The van der Waals surface area contributed by atoms with Gasteiger partial charge in [0.05, 0.1) is 6.61 Å². The Balaban J connectivity index is 1.88. The minimum atomic E-state index is 0.315. The standard InChI is InChI=1S/C12H16N2O/c1-2-7-14(8-3-1)12-10(11-9-15-11)5-4-6-13-12/h4-6,11H,1-3,7-9H2/t11-/m1/s1. The molecule has 0 aromatic carbocycles. The summed E-state index contributed by atoms with van der Waals surface area (Å²) in [6.45, 7) is 3.17. The fraction of sp³-hybridized carbons (Fsp3) is 0.583. The molecule has 2 saturated heterocycles. The Kier molecular flexibility index (Phi) is 2.33. The van der Waals surface area contributed by atoms with Crippen LogP contribution in [-0.4, -0.2) is 24.7 Å². The van der Waals surface area contributed by atoms with E-state index in [-0.39, 0.29) is 0 Å². The van der Waals surface area contributed by atoms with Gasteiger partial charge >= 0.3 is 0 Å². The molecule has 0 spiro atoms. The van der Waals surface area contributed by atoms with Gasteiger partial charge in [0.1, 0.15) is 11.9 Å². The average Bonchev–Trinajstić information content (AvgIpc) is 3.14. The third kappa shape index (κ3) is 1.84. The molecule has 0 radical (unpaired) electrons. The normalized spacial score (nSPS) is 25.3. The minimum absolute atomic E-state index is 0.315. The monoisotopic (exact) mass is 204 g/mol. The van der Waals surface area contributed by atoms with Crippen molar-refractivity contribution in [2.45, 2.75) is 25.4 Å². The van der Waals surface area contributed by atoms with E-state index in [9.17, 15) is 0 Å². The van der Waals surface area contributed by atoms with Crippen LogP contribution >= 0.6 is 0 Å². The molecular weight excluding hydrogens is 188 g/mol. The quantitative estimate of drug-likeness (QED) is 0.691. The van der Waals surface area contributed by atoms with E-state index in [1.807, 2.05) is 12.3 Å². The predicted octanol–water partition coefficient (Wildman–Crippen LogP) is 2.14. The molecule has 15 heavy (non-hydrogen) atoms. The lowest BCUT2D eigenvalue weighted by atomic mass is 10.1. The number of hydrogen-bond acceptors (Lipinski definition) is 3. The molecule has 0 amide bonds. The van der Waals surface area contributed by atoms with Crippen molar-refractivity contribution in [2.24, 2.45) is 0 Å². The number of hydrogen-bond donors (Lipinski definition) is 0. The molecule has 0 saturated carbocycles. The lowest BCUT2D eigenvalue weighted by Gasteiger charge is -2.29. The van der Waals surface area contributed by atoms with E-state index in [1.54, 1.807) is 0 Å². The SMILES string of the molecule is c1cnc(N2CCCCC2)c([C@H]2CO2)c1. The van der Waals surface area contributed by atoms with Gasteiger partial charge in [-0.05, 0) is 25.3 Å². The minimum Gasteiger partial charge on any atom is -0.368 e. The van der Waals surface area contributed by atoms with Gasteiger partial charge in [-0.2, -0.15) is 0 Å². The molecule has 2 aliphatic rings. The van der Waals surface area contributed by atoms with E-state index in [1.165, 1.54) is 24.8 Å². The Labute approximate surface area is 90.1 Å². The first-order valence-corrected chi connectivity index (χ1v) is 5.76. The number of aromatic nitrogens is 1. The van der Waals surface area contributed by atoms with Gasteiger partial charge in [0, 0.05) is 24.8 Å². The number of nitrogens with zero attached hydrogens (tertiary/aromatic N) is 2. The number of piperidine rings is 1. The van der Waals surface area contributed by atoms with Gasteiger partial charge in [-0.3, -0.25) is 0 Å². The molecule has 1 aromatic heterocycles. The van der Waals surface area contributed by atoms with Crippen LogP contribution in [0.2, 0.25) is 0 Å². The van der Waals surface area contributed by atoms with Crippen molar-refractivity contribution in [1.29, 1.82) is 0 Å². The van der Waals surface area contributed by atoms with E-state index in [2.05, 4.69) is 16.0 Å².